The topological polar surface area (TPSA) is 16.9 Å². The van der Waals surface area contributed by atoms with E-state index in [2.05, 4.69) is 96.2 Å². The number of rotatable bonds is 3. The van der Waals surface area contributed by atoms with Gasteiger partial charge in [-0.15, -0.1) is 0 Å². The Kier molecular flexibility index (Phi) is 3.76. The van der Waals surface area contributed by atoms with Gasteiger partial charge in [0.05, 0.1) is 23.7 Å². The van der Waals surface area contributed by atoms with E-state index >= 15 is 0 Å². The summed E-state index contributed by atoms with van der Waals surface area (Å²) in [5, 5.41) is 2.41. The summed E-state index contributed by atoms with van der Waals surface area (Å²) in [5.74, 6) is 0.879. The van der Waals surface area contributed by atoms with Crippen molar-refractivity contribution in [3.05, 3.63) is 78.9 Å². The lowest BCUT2D eigenvalue weighted by Crippen LogP contribution is -2.07. The van der Waals surface area contributed by atoms with Crippen LogP contribution in [0, 0.1) is 0 Å². The molecule has 0 radical (unpaired) electrons. The molecule has 0 aliphatic heterocycles. The smallest absolute Gasteiger partial charge is 0.119 e. The van der Waals surface area contributed by atoms with Crippen LogP contribution < -0.4 is 9.64 Å². The van der Waals surface area contributed by atoms with Crippen LogP contribution in [0.25, 0.3) is 38.4 Å². The van der Waals surface area contributed by atoms with Crippen LogP contribution in [-0.4, -0.2) is 25.6 Å². The van der Waals surface area contributed by atoms with Gasteiger partial charge in [0.2, 0.25) is 0 Å². The molecule has 0 aliphatic carbocycles. The summed E-state index contributed by atoms with van der Waals surface area (Å²) in [6.07, 6.45) is 0. The lowest BCUT2D eigenvalue weighted by atomic mass is 10.0. The zero-order chi connectivity index (χ0) is 19.3. The number of methoxy groups -OCH3 is 1. The Hall–Kier alpha value is -3.46. The Bertz CT molecular complexity index is 1310. The van der Waals surface area contributed by atoms with Gasteiger partial charge in [0.25, 0.3) is 0 Å². The molecule has 5 aromatic rings. The average Bonchev–Trinajstić information content (AvgIpc) is 3.12. The predicted octanol–water partition coefficient (Wildman–Crippen LogP) is 5.99. The summed E-state index contributed by atoms with van der Waals surface area (Å²) in [7, 11) is 5.84. The van der Waals surface area contributed by atoms with E-state index in [0.717, 1.165) is 5.75 Å². The van der Waals surface area contributed by atoms with E-state index in [1.165, 1.54) is 44.1 Å². The number of hydrogen-bond donors (Lipinski definition) is 0. The molecular weight excluding hydrogens is 344 g/mol. The van der Waals surface area contributed by atoms with Gasteiger partial charge in [-0.05, 0) is 59.5 Å². The second-order valence-electron chi connectivity index (χ2n) is 7.35. The van der Waals surface area contributed by atoms with Gasteiger partial charge in [0.15, 0.2) is 0 Å². The second kappa shape index (κ2) is 6.31. The highest BCUT2D eigenvalue weighted by atomic mass is 16.5. The van der Waals surface area contributed by atoms with Crippen LogP contribution in [-0.2, 0) is 0 Å². The molecule has 0 bridgehead atoms. The highest BCUT2D eigenvalue weighted by molar-refractivity contribution is 6.01. The molecule has 0 amide bonds. The largest absolute Gasteiger partial charge is 0.497 e. The van der Waals surface area contributed by atoms with Gasteiger partial charge in [-0.25, -0.2) is 0 Å². The molecule has 0 atom stereocenters. The predicted molar refractivity (Wildman–Crippen MR) is 119 cm³/mol. The summed E-state index contributed by atoms with van der Waals surface area (Å²) < 4.78 is 7.80. The molecule has 5 rings (SSSR count). The molecule has 2 aromatic heterocycles. The van der Waals surface area contributed by atoms with E-state index in [-0.39, 0.29) is 0 Å². The normalized spacial score (nSPS) is 11.4. The molecule has 0 spiro atoms. The van der Waals surface area contributed by atoms with Crippen molar-refractivity contribution in [3.8, 4) is 16.9 Å². The van der Waals surface area contributed by atoms with Gasteiger partial charge >= 0.3 is 0 Å². The molecule has 0 N–H and O–H groups in total. The van der Waals surface area contributed by atoms with E-state index in [9.17, 15) is 0 Å². The number of fused-ring (bicyclic) bond motifs is 5. The van der Waals surface area contributed by atoms with Gasteiger partial charge in [0, 0.05) is 30.7 Å². The summed E-state index contributed by atoms with van der Waals surface area (Å²) in [6, 6.07) is 28.2. The zero-order valence-corrected chi connectivity index (χ0v) is 16.3. The number of pyridine rings is 1. The van der Waals surface area contributed by atoms with E-state index in [0.29, 0.717) is 0 Å². The van der Waals surface area contributed by atoms with E-state index < -0.39 is 0 Å². The quantitative estimate of drug-likeness (QED) is 0.390. The van der Waals surface area contributed by atoms with Crippen LogP contribution in [0.4, 0.5) is 5.69 Å². The van der Waals surface area contributed by atoms with Gasteiger partial charge in [0.1, 0.15) is 5.75 Å². The number of nitrogens with zero attached hydrogens (tertiary/aromatic N) is 2. The summed E-state index contributed by atoms with van der Waals surface area (Å²) in [4.78, 5) is 2.12. The number of benzene rings is 3. The fourth-order valence-electron chi connectivity index (χ4n) is 3.99. The first-order chi connectivity index (χ1) is 13.7. The molecule has 0 saturated heterocycles. The van der Waals surface area contributed by atoms with E-state index in [1.807, 2.05) is 6.07 Å². The third-order valence-electron chi connectivity index (χ3n) is 5.46. The van der Waals surface area contributed by atoms with E-state index in [1.54, 1.807) is 7.11 Å². The molecule has 28 heavy (non-hydrogen) atoms. The van der Waals surface area contributed by atoms with Crippen molar-refractivity contribution in [3.63, 3.8) is 0 Å². The Morgan fingerprint density at radius 3 is 2.21 bits per heavy atom. The molecule has 0 saturated carbocycles. The lowest BCUT2D eigenvalue weighted by Gasteiger charge is -2.14. The highest BCUT2D eigenvalue weighted by Gasteiger charge is 2.13. The van der Waals surface area contributed by atoms with Crippen molar-refractivity contribution in [2.24, 2.45) is 0 Å². The molecule has 3 aromatic carbocycles. The lowest BCUT2D eigenvalue weighted by molar-refractivity contribution is 0.415. The number of anilines is 1. The minimum absolute atomic E-state index is 0.879. The van der Waals surface area contributed by atoms with Gasteiger partial charge in [-0.2, -0.15) is 0 Å². The molecule has 138 valence electrons. The van der Waals surface area contributed by atoms with Crippen LogP contribution in [0.15, 0.2) is 78.9 Å². The van der Waals surface area contributed by atoms with Crippen molar-refractivity contribution in [1.29, 1.82) is 0 Å². The first kappa shape index (κ1) is 16.7. The van der Waals surface area contributed by atoms with Crippen LogP contribution >= 0.6 is 0 Å². The van der Waals surface area contributed by atoms with Crippen LogP contribution in [0.2, 0.25) is 0 Å². The standard InChI is InChI=1S/C25H22N2O/c1-26(2)20-10-8-17(9-11-20)22-15-18-6-4-5-7-23(18)27-24-13-12-21(28-3)14-19(24)16-25(22)27/h4-16H,1-3H3. The fraction of sp³-hybridized carbons (Fsp3) is 0.120. The van der Waals surface area contributed by atoms with Gasteiger partial charge in [-0.3, -0.25) is 0 Å². The first-order valence-corrected chi connectivity index (χ1v) is 9.44. The van der Waals surface area contributed by atoms with Crippen LogP contribution in [0.1, 0.15) is 0 Å². The number of aromatic nitrogens is 1. The minimum atomic E-state index is 0.879. The summed E-state index contributed by atoms with van der Waals surface area (Å²) in [6.45, 7) is 0. The van der Waals surface area contributed by atoms with Crippen molar-refractivity contribution >= 4 is 33.0 Å². The fourth-order valence-corrected chi connectivity index (χ4v) is 3.99. The Morgan fingerprint density at radius 1 is 0.714 bits per heavy atom. The SMILES string of the molecule is COc1ccc2c(c1)cc1c(-c3ccc(N(C)C)cc3)cc3ccccc3n12. The molecule has 0 aliphatic rings. The van der Waals surface area contributed by atoms with Crippen molar-refractivity contribution in [1.82, 2.24) is 4.40 Å². The number of para-hydroxylation sites is 1. The van der Waals surface area contributed by atoms with Crippen molar-refractivity contribution in [2.45, 2.75) is 0 Å². The number of hydrogen-bond acceptors (Lipinski definition) is 2. The maximum Gasteiger partial charge on any atom is 0.119 e. The molecule has 0 fully saturated rings. The average molecular weight is 366 g/mol. The van der Waals surface area contributed by atoms with E-state index in [4.69, 9.17) is 4.74 Å². The molecule has 2 heterocycles. The highest BCUT2D eigenvalue weighted by Crippen LogP contribution is 2.35. The third kappa shape index (κ3) is 2.51. The minimum Gasteiger partial charge on any atom is -0.497 e. The molecule has 0 unspecified atom stereocenters. The molecular formula is C25H22N2O. The maximum absolute atomic E-state index is 5.44. The monoisotopic (exact) mass is 366 g/mol. The Balaban J connectivity index is 1.87. The van der Waals surface area contributed by atoms with Crippen LogP contribution in [0.3, 0.4) is 0 Å². The summed E-state index contributed by atoms with van der Waals surface area (Å²) in [5.41, 5.74) is 7.27. The van der Waals surface area contributed by atoms with Crippen LogP contribution in [0.5, 0.6) is 5.75 Å². The molecule has 3 nitrogen and oxygen atoms in total. The molecule has 3 heteroatoms. The van der Waals surface area contributed by atoms with Gasteiger partial charge < -0.3 is 14.0 Å². The first-order valence-electron chi connectivity index (χ1n) is 9.44. The summed E-state index contributed by atoms with van der Waals surface area (Å²) >= 11 is 0. The Labute approximate surface area is 164 Å². The second-order valence-corrected chi connectivity index (χ2v) is 7.35. The van der Waals surface area contributed by atoms with Crippen molar-refractivity contribution in [2.75, 3.05) is 26.1 Å². The van der Waals surface area contributed by atoms with Crippen molar-refractivity contribution < 1.29 is 4.74 Å². The maximum atomic E-state index is 5.44. The Morgan fingerprint density at radius 2 is 1.46 bits per heavy atom. The zero-order valence-electron chi connectivity index (χ0n) is 16.3. The third-order valence-corrected chi connectivity index (χ3v) is 5.46. The van der Waals surface area contributed by atoms with Gasteiger partial charge in [-0.1, -0.05) is 30.3 Å². The number of ether oxygens (including phenoxy) is 1.